The molecule has 1 aliphatic heterocycles. The van der Waals surface area contributed by atoms with Gasteiger partial charge in [-0.1, -0.05) is 27.7 Å². The van der Waals surface area contributed by atoms with E-state index in [1.807, 2.05) is 13.8 Å². The van der Waals surface area contributed by atoms with E-state index in [4.69, 9.17) is 9.47 Å². The predicted molar refractivity (Wildman–Crippen MR) is 89.7 cm³/mol. The van der Waals surface area contributed by atoms with Crippen molar-refractivity contribution < 1.29 is 23.9 Å². The Morgan fingerprint density at radius 1 is 1.28 bits per heavy atom. The second-order valence-corrected chi connectivity index (χ2v) is 9.65. The first kappa shape index (κ1) is 17.2. The summed E-state index contributed by atoms with van der Waals surface area (Å²) in [5.41, 5.74) is -1.51. The molecule has 6 atom stereocenters. The lowest BCUT2D eigenvalue weighted by molar-refractivity contribution is -0.184. The number of carbonyl (C=O) groups is 3. The monoisotopic (exact) mass is 348 g/mol. The molecule has 0 unspecified atom stereocenters. The molecular formula is C20H28O5. The Hall–Kier alpha value is -1.23. The fraction of sp³-hybridized carbons (Fsp3) is 0.850. The van der Waals surface area contributed by atoms with Gasteiger partial charge < -0.3 is 9.47 Å². The molecule has 138 valence electrons. The van der Waals surface area contributed by atoms with Gasteiger partial charge in [-0.15, -0.1) is 0 Å². The summed E-state index contributed by atoms with van der Waals surface area (Å²) < 4.78 is 11.4. The van der Waals surface area contributed by atoms with E-state index < -0.39 is 17.1 Å². The van der Waals surface area contributed by atoms with Crippen molar-refractivity contribution in [1.29, 1.82) is 0 Å². The van der Waals surface area contributed by atoms with Crippen LogP contribution in [0.5, 0.6) is 0 Å². The Kier molecular flexibility index (Phi) is 3.39. The quantitative estimate of drug-likeness (QED) is 0.577. The molecule has 0 N–H and O–H groups in total. The van der Waals surface area contributed by atoms with E-state index >= 15 is 0 Å². The number of ether oxygens (including phenoxy) is 2. The number of fused-ring (bicyclic) bond motifs is 2. The zero-order valence-corrected chi connectivity index (χ0v) is 15.8. The van der Waals surface area contributed by atoms with E-state index in [9.17, 15) is 14.4 Å². The molecule has 0 radical (unpaired) electrons. The third-order valence-corrected chi connectivity index (χ3v) is 7.66. The summed E-state index contributed by atoms with van der Waals surface area (Å²) in [6, 6.07) is 0. The standard InChI is InChI=1S/C20H28O5/c1-10(2)6-15(22)24-16-12(8-14-19(5,25-14)17(16)23)20-9-11(7-13(20)21)18(20,3)4/h10-12,14,16H,6-9H2,1-5H3/t11-,12-,14+,16+,19+,20+/m1/s1. The lowest BCUT2D eigenvalue weighted by atomic mass is 9.44. The van der Waals surface area contributed by atoms with Crippen LogP contribution in [0.2, 0.25) is 0 Å². The van der Waals surface area contributed by atoms with E-state index in [1.165, 1.54) is 0 Å². The highest BCUT2D eigenvalue weighted by Crippen LogP contribution is 2.74. The van der Waals surface area contributed by atoms with Crippen LogP contribution in [0.25, 0.3) is 0 Å². The summed E-state index contributed by atoms with van der Waals surface area (Å²) in [7, 11) is 0. The fourth-order valence-electron chi connectivity index (χ4n) is 5.87. The Morgan fingerprint density at radius 2 is 1.96 bits per heavy atom. The molecule has 0 aromatic heterocycles. The van der Waals surface area contributed by atoms with Crippen molar-refractivity contribution in [2.24, 2.45) is 28.6 Å². The number of carbonyl (C=O) groups excluding carboxylic acids is 3. The van der Waals surface area contributed by atoms with Gasteiger partial charge in [0, 0.05) is 24.2 Å². The second-order valence-electron chi connectivity index (χ2n) is 9.65. The van der Waals surface area contributed by atoms with Gasteiger partial charge >= 0.3 is 5.97 Å². The summed E-state index contributed by atoms with van der Waals surface area (Å²) in [6.07, 6.45) is 1.33. The minimum absolute atomic E-state index is 0.136. The average molecular weight is 348 g/mol. The maximum atomic E-state index is 13.0. The van der Waals surface area contributed by atoms with E-state index in [1.54, 1.807) is 6.92 Å². The molecule has 5 rings (SSSR count). The zero-order chi connectivity index (χ0) is 18.4. The minimum Gasteiger partial charge on any atom is -0.454 e. The molecule has 25 heavy (non-hydrogen) atoms. The Balaban J connectivity index is 1.66. The van der Waals surface area contributed by atoms with Gasteiger partial charge in [0.1, 0.15) is 5.78 Å². The highest BCUT2D eigenvalue weighted by atomic mass is 16.6. The van der Waals surface area contributed by atoms with Crippen molar-refractivity contribution in [2.45, 2.75) is 78.1 Å². The second kappa shape index (κ2) is 4.93. The molecule has 4 saturated carbocycles. The van der Waals surface area contributed by atoms with Crippen molar-refractivity contribution in [1.82, 2.24) is 0 Å². The molecule has 4 aliphatic carbocycles. The van der Waals surface area contributed by atoms with Crippen LogP contribution >= 0.6 is 0 Å². The largest absolute Gasteiger partial charge is 0.454 e. The third kappa shape index (κ3) is 2.02. The average Bonchev–Trinajstić information content (AvgIpc) is 2.95. The van der Waals surface area contributed by atoms with Gasteiger partial charge in [0.15, 0.2) is 11.7 Å². The molecule has 5 nitrogen and oxygen atoms in total. The van der Waals surface area contributed by atoms with Crippen molar-refractivity contribution in [3.63, 3.8) is 0 Å². The fourth-order valence-corrected chi connectivity index (χ4v) is 5.87. The number of epoxide rings is 1. The van der Waals surface area contributed by atoms with E-state index in [0.29, 0.717) is 18.8 Å². The number of ketones is 2. The van der Waals surface area contributed by atoms with Crippen LogP contribution < -0.4 is 0 Å². The van der Waals surface area contributed by atoms with Crippen LogP contribution in [0.4, 0.5) is 0 Å². The summed E-state index contributed by atoms with van der Waals surface area (Å²) in [6.45, 7) is 9.93. The zero-order valence-electron chi connectivity index (χ0n) is 15.8. The first-order chi connectivity index (χ1) is 11.5. The lowest BCUT2D eigenvalue weighted by Gasteiger charge is -2.58. The first-order valence-electron chi connectivity index (χ1n) is 9.49. The molecule has 5 aliphatic rings. The van der Waals surface area contributed by atoms with Gasteiger partial charge in [-0.25, -0.2) is 0 Å². The van der Waals surface area contributed by atoms with Crippen molar-refractivity contribution in [3.8, 4) is 0 Å². The molecule has 2 bridgehead atoms. The van der Waals surface area contributed by atoms with Gasteiger partial charge in [-0.3, -0.25) is 14.4 Å². The van der Waals surface area contributed by atoms with Gasteiger partial charge in [-0.2, -0.15) is 0 Å². The van der Waals surface area contributed by atoms with Crippen molar-refractivity contribution >= 4 is 17.5 Å². The third-order valence-electron chi connectivity index (χ3n) is 7.66. The van der Waals surface area contributed by atoms with Gasteiger partial charge in [0.05, 0.1) is 6.10 Å². The Morgan fingerprint density at radius 3 is 2.48 bits per heavy atom. The van der Waals surface area contributed by atoms with Crippen molar-refractivity contribution in [3.05, 3.63) is 0 Å². The summed E-state index contributed by atoms with van der Waals surface area (Å²) in [4.78, 5) is 38.2. The number of esters is 1. The molecule has 1 saturated heterocycles. The summed E-state index contributed by atoms with van der Waals surface area (Å²) in [5, 5.41) is 0. The van der Waals surface area contributed by atoms with E-state index in [-0.39, 0.29) is 47.3 Å². The molecule has 0 spiro atoms. The van der Waals surface area contributed by atoms with Crippen LogP contribution in [-0.4, -0.2) is 35.3 Å². The molecule has 0 aromatic carbocycles. The Labute approximate surface area is 148 Å². The predicted octanol–water partition coefficient (Wildman–Crippen LogP) is 2.70. The molecule has 0 aromatic rings. The minimum atomic E-state index is -0.850. The highest BCUT2D eigenvalue weighted by molar-refractivity contribution is 5.99. The maximum Gasteiger partial charge on any atom is 0.306 e. The molecule has 5 heteroatoms. The number of rotatable bonds is 4. The number of hydrogen-bond donors (Lipinski definition) is 0. The summed E-state index contributed by atoms with van der Waals surface area (Å²) in [5.74, 6) is 0.0413. The maximum absolute atomic E-state index is 13.0. The van der Waals surface area contributed by atoms with Gasteiger partial charge in [0.25, 0.3) is 0 Å². The lowest BCUT2D eigenvalue weighted by Crippen LogP contribution is -2.62. The Bertz CT molecular complexity index is 665. The molecular weight excluding hydrogens is 320 g/mol. The number of hydrogen-bond acceptors (Lipinski definition) is 5. The molecule has 5 fully saturated rings. The smallest absolute Gasteiger partial charge is 0.306 e. The van der Waals surface area contributed by atoms with Crippen LogP contribution in [0.1, 0.15) is 60.3 Å². The highest BCUT2D eigenvalue weighted by Gasteiger charge is 2.78. The molecule has 1 heterocycles. The van der Waals surface area contributed by atoms with Crippen LogP contribution in [0, 0.1) is 28.6 Å². The van der Waals surface area contributed by atoms with Gasteiger partial charge in [0.2, 0.25) is 5.78 Å². The SMILES string of the molecule is CC(C)CC(=O)O[C@@H]1C(=O)[C@@]2(C)O[C@H]2C[C@H]1[C@@]12C[C@@H](CC1=O)C2(C)C. The van der Waals surface area contributed by atoms with Crippen LogP contribution in [0.15, 0.2) is 0 Å². The summed E-state index contributed by atoms with van der Waals surface area (Å²) >= 11 is 0. The normalized spacial score (nSPS) is 46.6. The topological polar surface area (TPSA) is 73.0 Å². The van der Waals surface area contributed by atoms with E-state index in [2.05, 4.69) is 13.8 Å². The van der Waals surface area contributed by atoms with Crippen molar-refractivity contribution in [2.75, 3.05) is 0 Å². The molecule has 0 amide bonds. The number of Topliss-reactive ketones (excluding diaryl/α,β-unsaturated/α-hetero) is 2. The van der Waals surface area contributed by atoms with Crippen LogP contribution in [-0.2, 0) is 23.9 Å². The van der Waals surface area contributed by atoms with Crippen LogP contribution in [0.3, 0.4) is 0 Å². The van der Waals surface area contributed by atoms with E-state index in [0.717, 1.165) is 6.42 Å². The first-order valence-corrected chi connectivity index (χ1v) is 9.49. The van der Waals surface area contributed by atoms with Gasteiger partial charge in [-0.05, 0) is 37.0 Å².